The number of fused-ring (bicyclic) bond motifs is 1. The lowest BCUT2D eigenvalue weighted by Crippen LogP contribution is -2.31. The van der Waals surface area contributed by atoms with E-state index in [1.165, 1.54) is 11.8 Å². The van der Waals surface area contributed by atoms with Crippen LogP contribution in [0.2, 0.25) is 0 Å². The van der Waals surface area contributed by atoms with Crippen molar-refractivity contribution in [2.24, 2.45) is 0 Å². The Bertz CT molecular complexity index is 854. The lowest BCUT2D eigenvalue weighted by atomic mass is 9.86. The van der Waals surface area contributed by atoms with E-state index in [1.807, 2.05) is 6.92 Å². The molecule has 0 fully saturated rings. The first kappa shape index (κ1) is 16.6. The fourth-order valence-electron chi connectivity index (χ4n) is 2.67. The predicted molar refractivity (Wildman–Crippen MR) is 87.3 cm³/mol. The summed E-state index contributed by atoms with van der Waals surface area (Å²) < 4.78 is 27.6. The smallest absolute Gasteiger partial charge is 0.257 e. The first-order valence-corrected chi connectivity index (χ1v) is 8.50. The molecule has 126 valence electrons. The number of nitrogens with one attached hydrogen (secondary N) is 2. The summed E-state index contributed by atoms with van der Waals surface area (Å²) in [5, 5.41) is 2.94. The molecule has 1 atom stereocenters. The number of amides is 1. The molecule has 1 amide bonds. The summed E-state index contributed by atoms with van der Waals surface area (Å²) in [4.78, 5) is 31.3. The zero-order valence-electron chi connectivity index (χ0n) is 12.9. The van der Waals surface area contributed by atoms with Gasteiger partial charge in [-0.3, -0.25) is 9.59 Å². The van der Waals surface area contributed by atoms with Gasteiger partial charge < -0.3 is 10.3 Å². The standard InChI is InChI=1S/C16H15F2N3O2S/c1-2-5-24-16-20-14-13(15(23)21-16)10(7-12(22)19-14)9-6-8(17)3-4-11(9)18/h3-4,6,10H,2,5,7H2,1H3,(H2,19,20,21,22,23)/t10-/m1/s1. The van der Waals surface area contributed by atoms with E-state index in [4.69, 9.17) is 0 Å². The number of anilines is 1. The van der Waals surface area contributed by atoms with Gasteiger partial charge in [0.15, 0.2) is 5.16 Å². The summed E-state index contributed by atoms with van der Waals surface area (Å²) in [7, 11) is 0. The molecule has 3 rings (SSSR count). The Hall–Kier alpha value is -2.22. The van der Waals surface area contributed by atoms with Crippen LogP contribution in [0.1, 0.15) is 36.8 Å². The van der Waals surface area contributed by atoms with Crippen molar-refractivity contribution >= 4 is 23.5 Å². The average molecular weight is 351 g/mol. The number of aromatic nitrogens is 2. The van der Waals surface area contributed by atoms with Crippen LogP contribution in [0.5, 0.6) is 0 Å². The summed E-state index contributed by atoms with van der Waals surface area (Å²) >= 11 is 1.36. The Balaban J connectivity index is 2.11. The Morgan fingerprint density at radius 2 is 2.12 bits per heavy atom. The summed E-state index contributed by atoms with van der Waals surface area (Å²) in [5.41, 5.74) is -0.320. The molecule has 24 heavy (non-hydrogen) atoms. The van der Waals surface area contributed by atoms with E-state index in [1.54, 1.807) is 0 Å². The summed E-state index contributed by atoms with van der Waals surface area (Å²) in [6, 6.07) is 3.00. The van der Waals surface area contributed by atoms with Crippen LogP contribution in [-0.4, -0.2) is 21.6 Å². The fraction of sp³-hybridized carbons (Fsp3) is 0.312. The van der Waals surface area contributed by atoms with E-state index >= 15 is 0 Å². The minimum atomic E-state index is -0.870. The molecule has 1 aliphatic rings. The molecule has 2 heterocycles. The molecule has 0 spiro atoms. The number of hydrogen-bond donors (Lipinski definition) is 2. The number of halogens is 2. The highest BCUT2D eigenvalue weighted by Gasteiger charge is 2.32. The van der Waals surface area contributed by atoms with E-state index in [-0.39, 0.29) is 29.3 Å². The molecule has 0 bridgehead atoms. The molecule has 2 aromatic rings. The van der Waals surface area contributed by atoms with Crippen molar-refractivity contribution in [3.63, 3.8) is 0 Å². The third-order valence-electron chi connectivity index (χ3n) is 3.71. The molecule has 0 unspecified atom stereocenters. The van der Waals surface area contributed by atoms with Gasteiger partial charge in [0.1, 0.15) is 17.5 Å². The lowest BCUT2D eigenvalue weighted by molar-refractivity contribution is -0.116. The Kier molecular flexibility index (Phi) is 4.66. The highest BCUT2D eigenvalue weighted by atomic mass is 32.2. The monoisotopic (exact) mass is 351 g/mol. The van der Waals surface area contributed by atoms with Crippen LogP contribution in [0.3, 0.4) is 0 Å². The second-order valence-corrected chi connectivity index (χ2v) is 6.54. The first-order chi connectivity index (χ1) is 11.5. The van der Waals surface area contributed by atoms with E-state index < -0.39 is 23.1 Å². The Labute approximate surface area is 140 Å². The van der Waals surface area contributed by atoms with Crippen LogP contribution < -0.4 is 10.9 Å². The topological polar surface area (TPSA) is 74.8 Å². The molecule has 0 aliphatic carbocycles. The van der Waals surface area contributed by atoms with Gasteiger partial charge in [0.2, 0.25) is 5.91 Å². The number of H-pyrrole nitrogens is 1. The number of rotatable bonds is 4. The molecule has 1 aliphatic heterocycles. The first-order valence-electron chi connectivity index (χ1n) is 7.51. The van der Waals surface area contributed by atoms with Crippen molar-refractivity contribution < 1.29 is 13.6 Å². The number of nitrogens with zero attached hydrogens (tertiary/aromatic N) is 1. The number of hydrogen-bond acceptors (Lipinski definition) is 4. The van der Waals surface area contributed by atoms with Crippen molar-refractivity contribution in [3.05, 3.63) is 51.3 Å². The van der Waals surface area contributed by atoms with Gasteiger partial charge >= 0.3 is 0 Å². The third-order valence-corrected chi connectivity index (χ3v) is 4.78. The van der Waals surface area contributed by atoms with Crippen molar-refractivity contribution in [3.8, 4) is 0 Å². The predicted octanol–water partition coefficient (Wildman–Crippen LogP) is 3.02. The molecule has 1 aromatic carbocycles. The van der Waals surface area contributed by atoms with Crippen LogP contribution in [-0.2, 0) is 4.79 Å². The summed E-state index contributed by atoms with van der Waals surface area (Å²) in [6.45, 7) is 1.99. The van der Waals surface area contributed by atoms with Gasteiger partial charge in [-0.2, -0.15) is 0 Å². The minimum Gasteiger partial charge on any atom is -0.310 e. The van der Waals surface area contributed by atoms with E-state index in [2.05, 4.69) is 15.3 Å². The second kappa shape index (κ2) is 6.72. The zero-order valence-corrected chi connectivity index (χ0v) is 13.7. The maximum absolute atomic E-state index is 14.1. The molecule has 0 radical (unpaired) electrons. The van der Waals surface area contributed by atoms with E-state index in [0.717, 1.165) is 30.4 Å². The number of aromatic amines is 1. The third kappa shape index (κ3) is 3.19. The molecule has 0 saturated carbocycles. The average Bonchev–Trinajstić information content (AvgIpc) is 2.54. The van der Waals surface area contributed by atoms with Gasteiger partial charge in [0, 0.05) is 18.1 Å². The molecule has 1 aromatic heterocycles. The fourth-order valence-corrected chi connectivity index (χ4v) is 3.38. The molecule has 8 heteroatoms. The summed E-state index contributed by atoms with van der Waals surface area (Å²) in [5.74, 6) is -1.67. The normalized spacial score (nSPS) is 16.6. The van der Waals surface area contributed by atoms with Gasteiger partial charge in [-0.1, -0.05) is 18.7 Å². The molecule has 5 nitrogen and oxygen atoms in total. The lowest BCUT2D eigenvalue weighted by Gasteiger charge is -2.24. The van der Waals surface area contributed by atoms with Crippen LogP contribution in [0.4, 0.5) is 14.6 Å². The maximum atomic E-state index is 14.1. The second-order valence-electron chi connectivity index (χ2n) is 5.45. The van der Waals surface area contributed by atoms with E-state index in [0.29, 0.717) is 5.16 Å². The highest BCUT2D eigenvalue weighted by molar-refractivity contribution is 7.99. The molecular weight excluding hydrogens is 336 g/mol. The van der Waals surface area contributed by atoms with Crippen LogP contribution in [0.25, 0.3) is 0 Å². The quantitative estimate of drug-likeness (QED) is 0.656. The number of carbonyl (C=O) groups excluding carboxylic acids is 1. The van der Waals surface area contributed by atoms with Crippen molar-refractivity contribution in [1.82, 2.24) is 9.97 Å². The maximum Gasteiger partial charge on any atom is 0.257 e. The molecular formula is C16H15F2N3O2S. The van der Waals surface area contributed by atoms with Gasteiger partial charge in [0.05, 0.1) is 5.56 Å². The van der Waals surface area contributed by atoms with Gasteiger partial charge in [-0.25, -0.2) is 13.8 Å². The van der Waals surface area contributed by atoms with Crippen molar-refractivity contribution in [1.29, 1.82) is 0 Å². The van der Waals surface area contributed by atoms with Crippen LogP contribution >= 0.6 is 11.8 Å². The highest BCUT2D eigenvalue weighted by Crippen LogP contribution is 2.35. The number of thioether (sulfide) groups is 1. The van der Waals surface area contributed by atoms with Gasteiger partial charge in [-0.05, 0) is 30.2 Å². The SMILES string of the molecule is CCCSc1nc2c(c(=O)[nH]1)[C@@H](c1cc(F)ccc1F)CC(=O)N2. The minimum absolute atomic E-state index is 0.0210. The number of carbonyl (C=O) groups is 1. The van der Waals surface area contributed by atoms with Gasteiger partial charge in [-0.15, -0.1) is 0 Å². The summed E-state index contributed by atoms with van der Waals surface area (Å²) in [6.07, 6.45) is 0.758. The largest absolute Gasteiger partial charge is 0.310 e. The number of benzene rings is 1. The zero-order chi connectivity index (χ0) is 17.3. The van der Waals surface area contributed by atoms with Crippen LogP contribution in [0.15, 0.2) is 28.2 Å². The van der Waals surface area contributed by atoms with Crippen molar-refractivity contribution in [2.75, 3.05) is 11.1 Å². The van der Waals surface area contributed by atoms with Crippen molar-refractivity contribution in [2.45, 2.75) is 30.8 Å². The van der Waals surface area contributed by atoms with E-state index in [9.17, 15) is 18.4 Å². The molecule has 2 N–H and O–H groups in total. The molecule has 0 saturated heterocycles. The Morgan fingerprint density at radius 1 is 1.33 bits per heavy atom. The Morgan fingerprint density at radius 3 is 2.88 bits per heavy atom. The van der Waals surface area contributed by atoms with Gasteiger partial charge in [0.25, 0.3) is 5.56 Å². The van der Waals surface area contributed by atoms with Crippen LogP contribution in [0, 0.1) is 11.6 Å².